The molecule has 0 aliphatic carbocycles. The smallest absolute Gasteiger partial charge is 0.232 e. The second kappa shape index (κ2) is 5.11. The molecule has 1 rings (SSSR count). The Hall–Kier alpha value is -1.10. The molecule has 1 fully saturated rings. The maximum atomic E-state index is 11.7. The maximum absolute atomic E-state index is 11.7. The first kappa shape index (κ1) is 12.0. The largest absolute Gasteiger partial charge is 0.369 e. The van der Waals surface area contributed by atoms with Crippen molar-refractivity contribution in [2.75, 3.05) is 13.1 Å². The summed E-state index contributed by atoms with van der Waals surface area (Å²) in [6, 6.07) is 0.0607. The van der Waals surface area contributed by atoms with Gasteiger partial charge in [-0.05, 0) is 18.8 Å². The van der Waals surface area contributed by atoms with Crippen LogP contribution in [-0.4, -0.2) is 35.8 Å². The van der Waals surface area contributed by atoms with E-state index in [4.69, 9.17) is 11.5 Å². The van der Waals surface area contributed by atoms with Crippen molar-refractivity contribution in [2.45, 2.75) is 32.2 Å². The van der Waals surface area contributed by atoms with Crippen LogP contribution in [-0.2, 0) is 9.59 Å². The molecule has 86 valence electrons. The first-order valence-electron chi connectivity index (χ1n) is 5.34. The average molecular weight is 213 g/mol. The van der Waals surface area contributed by atoms with E-state index in [-0.39, 0.29) is 18.4 Å². The lowest BCUT2D eigenvalue weighted by Crippen LogP contribution is -2.51. The predicted molar refractivity (Wildman–Crippen MR) is 56.8 cm³/mol. The van der Waals surface area contributed by atoms with Crippen LogP contribution < -0.4 is 11.5 Å². The van der Waals surface area contributed by atoms with E-state index >= 15 is 0 Å². The van der Waals surface area contributed by atoms with Crippen molar-refractivity contribution >= 4 is 11.8 Å². The molecule has 0 aromatic carbocycles. The quantitative estimate of drug-likeness (QED) is 0.616. The molecule has 5 nitrogen and oxygen atoms in total. The number of hydrogen-bond donors (Lipinski definition) is 2. The van der Waals surface area contributed by atoms with Crippen LogP contribution in [0.2, 0.25) is 0 Å². The summed E-state index contributed by atoms with van der Waals surface area (Å²) in [5, 5.41) is 0. The van der Waals surface area contributed by atoms with Crippen molar-refractivity contribution in [2.24, 2.45) is 17.4 Å². The number of nitrogens with zero attached hydrogens (tertiary/aromatic N) is 1. The summed E-state index contributed by atoms with van der Waals surface area (Å²) in [6.45, 7) is 3.23. The fourth-order valence-electron chi connectivity index (χ4n) is 2.17. The number of likely N-dealkylation sites (tertiary alicyclic amines) is 1. The van der Waals surface area contributed by atoms with E-state index in [1.165, 1.54) is 0 Å². The number of rotatable bonds is 3. The highest BCUT2D eigenvalue weighted by Gasteiger charge is 2.30. The minimum absolute atomic E-state index is 0.0607. The molecule has 2 unspecified atom stereocenters. The number of amides is 2. The third-order valence-corrected chi connectivity index (χ3v) is 3.00. The van der Waals surface area contributed by atoms with Crippen LogP contribution in [0.5, 0.6) is 0 Å². The lowest BCUT2D eigenvalue weighted by Gasteiger charge is -2.39. The number of carbonyl (C=O) groups excluding carboxylic acids is 2. The molecule has 0 saturated carbocycles. The van der Waals surface area contributed by atoms with E-state index in [1.807, 2.05) is 0 Å². The maximum Gasteiger partial charge on any atom is 0.232 e. The molecule has 1 aliphatic heterocycles. The molecular weight excluding hydrogens is 194 g/mol. The van der Waals surface area contributed by atoms with Gasteiger partial charge in [0.2, 0.25) is 11.8 Å². The summed E-state index contributed by atoms with van der Waals surface area (Å²) >= 11 is 0. The third kappa shape index (κ3) is 2.92. The van der Waals surface area contributed by atoms with Crippen molar-refractivity contribution in [3.63, 3.8) is 0 Å². The Morgan fingerprint density at radius 2 is 2.13 bits per heavy atom. The minimum atomic E-state index is -0.575. The molecule has 15 heavy (non-hydrogen) atoms. The van der Waals surface area contributed by atoms with E-state index < -0.39 is 5.91 Å². The van der Waals surface area contributed by atoms with Crippen LogP contribution >= 0.6 is 0 Å². The zero-order valence-corrected chi connectivity index (χ0v) is 9.11. The van der Waals surface area contributed by atoms with Crippen molar-refractivity contribution in [3.05, 3.63) is 0 Å². The Kier molecular flexibility index (Phi) is 4.08. The number of hydrogen-bond acceptors (Lipinski definition) is 3. The van der Waals surface area contributed by atoms with Gasteiger partial charge in [-0.2, -0.15) is 0 Å². The van der Waals surface area contributed by atoms with Crippen LogP contribution in [0.4, 0.5) is 0 Å². The molecule has 1 heterocycles. The van der Waals surface area contributed by atoms with Gasteiger partial charge in [0.1, 0.15) is 6.42 Å². The number of primary amides is 1. The van der Waals surface area contributed by atoms with Gasteiger partial charge >= 0.3 is 0 Å². The highest BCUT2D eigenvalue weighted by atomic mass is 16.2. The van der Waals surface area contributed by atoms with E-state index in [0.717, 1.165) is 12.8 Å². The van der Waals surface area contributed by atoms with Gasteiger partial charge in [-0.15, -0.1) is 0 Å². The van der Waals surface area contributed by atoms with Gasteiger partial charge in [-0.1, -0.05) is 6.92 Å². The summed E-state index contributed by atoms with van der Waals surface area (Å²) in [6.07, 6.45) is 1.85. The molecule has 4 N–H and O–H groups in total. The number of carbonyl (C=O) groups is 2. The lowest BCUT2D eigenvalue weighted by atomic mass is 9.90. The van der Waals surface area contributed by atoms with Gasteiger partial charge in [0.15, 0.2) is 0 Å². The van der Waals surface area contributed by atoms with Crippen LogP contribution in [0.3, 0.4) is 0 Å². The third-order valence-electron chi connectivity index (χ3n) is 3.00. The lowest BCUT2D eigenvalue weighted by molar-refractivity contribution is -0.139. The molecule has 0 aromatic heterocycles. The number of nitrogens with two attached hydrogens (primary N) is 2. The monoisotopic (exact) mass is 213 g/mol. The van der Waals surface area contributed by atoms with Gasteiger partial charge in [0, 0.05) is 19.1 Å². The Morgan fingerprint density at radius 3 is 2.67 bits per heavy atom. The second-order valence-electron chi connectivity index (χ2n) is 4.15. The molecular formula is C10H19N3O2. The van der Waals surface area contributed by atoms with Crippen molar-refractivity contribution < 1.29 is 9.59 Å². The standard InChI is InChI=1S/C10H19N3O2/c1-7-3-2-4-13(8(7)6-11)10(15)5-9(12)14/h7-8H,2-6,11H2,1H3,(H2,12,14). The van der Waals surface area contributed by atoms with Gasteiger partial charge in [-0.25, -0.2) is 0 Å². The van der Waals surface area contributed by atoms with E-state index in [1.54, 1.807) is 4.90 Å². The molecule has 0 spiro atoms. The van der Waals surface area contributed by atoms with E-state index in [2.05, 4.69) is 6.92 Å². The zero-order valence-electron chi connectivity index (χ0n) is 9.11. The summed E-state index contributed by atoms with van der Waals surface area (Å²) < 4.78 is 0. The van der Waals surface area contributed by atoms with Crippen LogP contribution in [0.15, 0.2) is 0 Å². The molecule has 1 saturated heterocycles. The highest BCUT2D eigenvalue weighted by molar-refractivity contribution is 5.96. The number of piperidine rings is 1. The summed E-state index contributed by atoms with van der Waals surface area (Å²) in [5.41, 5.74) is 10.6. The Morgan fingerprint density at radius 1 is 1.47 bits per heavy atom. The molecule has 5 heteroatoms. The van der Waals surface area contributed by atoms with Crippen LogP contribution in [0.25, 0.3) is 0 Å². The van der Waals surface area contributed by atoms with Crippen molar-refractivity contribution in [3.8, 4) is 0 Å². The summed E-state index contributed by atoms with van der Waals surface area (Å²) in [7, 11) is 0. The van der Waals surface area contributed by atoms with Gasteiger partial charge in [-0.3, -0.25) is 9.59 Å². The van der Waals surface area contributed by atoms with Crippen LogP contribution in [0.1, 0.15) is 26.2 Å². The highest BCUT2D eigenvalue weighted by Crippen LogP contribution is 2.22. The molecule has 0 bridgehead atoms. The Bertz CT molecular complexity index is 255. The van der Waals surface area contributed by atoms with E-state index in [0.29, 0.717) is 19.0 Å². The molecule has 0 radical (unpaired) electrons. The average Bonchev–Trinajstić information content (AvgIpc) is 2.16. The van der Waals surface area contributed by atoms with E-state index in [9.17, 15) is 9.59 Å². The van der Waals surface area contributed by atoms with Crippen molar-refractivity contribution in [1.29, 1.82) is 0 Å². The summed E-state index contributed by atoms with van der Waals surface area (Å²) in [4.78, 5) is 24.1. The SMILES string of the molecule is CC1CCCN(C(=O)CC(N)=O)C1CN. The normalized spacial score (nSPS) is 26.4. The molecule has 1 aliphatic rings. The predicted octanol–water partition coefficient (Wildman–Crippen LogP) is -0.552. The molecule has 2 amide bonds. The second-order valence-corrected chi connectivity index (χ2v) is 4.15. The van der Waals surface area contributed by atoms with Crippen LogP contribution in [0, 0.1) is 5.92 Å². The fraction of sp³-hybridized carbons (Fsp3) is 0.800. The fourth-order valence-corrected chi connectivity index (χ4v) is 2.17. The Labute approximate surface area is 89.8 Å². The first-order chi connectivity index (χ1) is 7.06. The minimum Gasteiger partial charge on any atom is -0.369 e. The zero-order chi connectivity index (χ0) is 11.4. The molecule has 2 atom stereocenters. The van der Waals surface area contributed by atoms with Gasteiger partial charge in [0.25, 0.3) is 0 Å². The Balaban J connectivity index is 2.64. The van der Waals surface area contributed by atoms with Gasteiger partial charge in [0.05, 0.1) is 0 Å². The first-order valence-corrected chi connectivity index (χ1v) is 5.34. The topological polar surface area (TPSA) is 89.4 Å². The summed E-state index contributed by atoms with van der Waals surface area (Å²) in [5.74, 6) is -0.362. The molecule has 0 aromatic rings. The van der Waals surface area contributed by atoms with Crippen molar-refractivity contribution in [1.82, 2.24) is 4.90 Å². The van der Waals surface area contributed by atoms with Gasteiger partial charge < -0.3 is 16.4 Å².